The molecule has 1 aliphatic rings. The highest BCUT2D eigenvalue weighted by molar-refractivity contribution is 6.17. The number of hydrogen-bond donors (Lipinski definition) is 1. The first kappa shape index (κ1) is 11.2. The van der Waals surface area contributed by atoms with Crippen LogP contribution in [0.15, 0.2) is 30.5 Å². The van der Waals surface area contributed by atoms with Gasteiger partial charge in [-0.2, -0.15) is 5.10 Å². The van der Waals surface area contributed by atoms with E-state index in [9.17, 15) is 4.79 Å². The molecule has 5 nitrogen and oxygen atoms in total. The van der Waals surface area contributed by atoms with Gasteiger partial charge in [-0.3, -0.25) is 9.48 Å². The molecule has 20 heavy (non-hydrogen) atoms. The number of nitrogens with one attached hydrogen (secondary N) is 1. The largest absolute Gasteiger partial charge is 0.306 e. The lowest BCUT2D eigenvalue weighted by atomic mass is 10.0. The SMILES string of the molecule is Cc1cc(-c2ccc3c(n2)NC3=O)cc2cn(C)nc12. The van der Waals surface area contributed by atoms with Crippen molar-refractivity contribution < 1.29 is 4.79 Å². The number of carbonyl (C=O) groups is 1. The highest BCUT2D eigenvalue weighted by atomic mass is 16.2. The van der Waals surface area contributed by atoms with Crippen LogP contribution >= 0.6 is 0 Å². The normalized spacial score (nSPS) is 13.0. The van der Waals surface area contributed by atoms with Gasteiger partial charge in [0, 0.05) is 24.2 Å². The Morgan fingerprint density at radius 1 is 1.25 bits per heavy atom. The van der Waals surface area contributed by atoms with E-state index in [0.29, 0.717) is 11.4 Å². The van der Waals surface area contributed by atoms with Gasteiger partial charge in [0.25, 0.3) is 5.91 Å². The number of anilines is 1. The summed E-state index contributed by atoms with van der Waals surface area (Å²) in [5, 5.41) is 8.22. The summed E-state index contributed by atoms with van der Waals surface area (Å²) in [6, 6.07) is 7.85. The molecule has 5 heteroatoms. The quantitative estimate of drug-likeness (QED) is 0.734. The van der Waals surface area contributed by atoms with E-state index in [4.69, 9.17) is 0 Å². The first-order chi connectivity index (χ1) is 9.61. The van der Waals surface area contributed by atoms with Gasteiger partial charge in [-0.15, -0.1) is 0 Å². The fourth-order valence-corrected chi connectivity index (χ4v) is 2.59. The van der Waals surface area contributed by atoms with Crippen LogP contribution in [0, 0.1) is 6.92 Å². The van der Waals surface area contributed by atoms with Gasteiger partial charge >= 0.3 is 0 Å². The van der Waals surface area contributed by atoms with Gasteiger partial charge in [-0.25, -0.2) is 4.98 Å². The van der Waals surface area contributed by atoms with E-state index >= 15 is 0 Å². The zero-order chi connectivity index (χ0) is 13.9. The Hall–Kier alpha value is -2.69. The Kier molecular flexibility index (Phi) is 2.04. The van der Waals surface area contributed by atoms with Crippen molar-refractivity contribution in [2.24, 2.45) is 7.05 Å². The summed E-state index contributed by atoms with van der Waals surface area (Å²) < 4.78 is 1.81. The van der Waals surface area contributed by atoms with E-state index in [1.807, 2.05) is 37.0 Å². The summed E-state index contributed by atoms with van der Waals surface area (Å²) in [5.41, 5.74) is 4.68. The number of pyridine rings is 1. The van der Waals surface area contributed by atoms with Crippen molar-refractivity contribution >= 4 is 22.6 Å². The molecule has 0 radical (unpaired) electrons. The van der Waals surface area contributed by atoms with E-state index in [1.54, 1.807) is 0 Å². The topological polar surface area (TPSA) is 59.8 Å². The minimum atomic E-state index is -0.0575. The number of aryl methyl sites for hydroxylation is 2. The van der Waals surface area contributed by atoms with Crippen LogP contribution in [0.1, 0.15) is 15.9 Å². The summed E-state index contributed by atoms with van der Waals surface area (Å²) in [6.07, 6.45) is 1.99. The highest BCUT2D eigenvalue weighted by Crippen LogP contribution is 2.30. The molecule has 0 aliphatic carbocycles. The standard InChI is InChI=1S/C15H12N4O/c1-8-5-9(6-10-7-19(2)18-13(8)10)12-4-3-11-14(16-12)17-15(11)20/h3-7H,1-2H3,(H,16,17,20). The molecule has 1 aromatic carbocycles. The Labute approximate surface area is 115 Å². The molecule has 1 aliphatic heterocycles. The molecule has 3 heterocycles. The van der Waals surface area contributed by atoms with Crippen LogP contribution < -0.4 is 5.32 Å². The van der Waals surface area contributed by atoms with Crippen LogP contribution in [0.4, 0.5) is 5.82 Å². The van der Waals surface area contributed by atoms with Crippen molar-refractivity contribution in [2.75, 3.05) is 5.32 Å². The van der Waals surface area contributed by atoms with Crippen LogP contribution in [0.25, 0.3) is 22.2 Å². The fourth-order valence-electron chi connectivity index (χ4n) is 2.59. The Morgan fingerprint density at radius 2 is 2.10 bits per heavy atom. The van der Waals surface area contributed by atoms with Crippen LogP contribution in [0.2, 0.25) is 0 Å². The van der Waals surface area contributed by atoms with E-state index in [-0.39, 0.29) is 5.91 Å². The summed E-state index contributed by atoms with van der Waals surface area (Å²) in [4.78, 5) is 15.7. The van der Waals surface area contributed by atoms with Crippen LogP contribution in [-0.2, 0) is 7.05 Å². The number of nitrogens with zero attached hydrogens (tertiary/aromatic N) is 3. The lowest BCUT2D eigenvalue weighted by Crippen LogP contribution is -2.25. The van der Waals surface area contributed by atoms with Crippen LogP contribution in [-0.4, -0.2) is 20.7 Å². The average molecular weight is 264 g/mol. The molecule has 0 unspecified atom stereocenters. The minimum Gasteiger partial charge on any atom is -0.306 e. The van der Waals surface area contributed by atoms with Gasteiger partial charge in [-0.1, -0.05) is 0 Å². The number of benzene rings is 1. The van der Waals surface area contributed by atoms with Crippen molar-refractivity contribution in [3.05, 3.63) is 41.6 Å². The third-order valence-electron chi connectivity index (χ3n) is 3.58. The lowest BCUT2D eigenvalue weighted by Gasteiger charge is -2.18. The highest BCUT2D eigenvalue weighted by Gasteiger charge is 2.24. The third-order valence-corrected chi connectivity index (χ3v) is 3.58. The molecule has 98 valence electrons. The molecular formula is C15H12N4O. The van der Waals surface area contributed by atoms with E-state index in [1.165, 1.54) is 0 Å². The maximum Gasteiger partial charge on any atom is 0.260 e. The van der Waals surface area contributed by atoms with Crippen LogP contribution in [0.5, 0.6) is 0 Å². The number of amides is 1. The monoisotopic (exact) mass is 264 g/mol. The minimum absolute atomic E-state index is 0.0575. The maximum absolute atomic E-state index is 11.2. The number of carbonyl (C=O) groups excluding carboxylic acids is 1. The second-order valence-corrected chi connectivity index (χ2v) is 5.08. The zero-order valence-electron chi connectivity index (χ0n) is 11.1. The van der Waals surface area contributed by atoms with E-state index < -0.39 is 0 Å². The molecule has 4 rings (SSSR count). The predicted octanol–water partition coefficient (Wildman–Crippen LogP) is 2.51. The molecule has 0 saturated carbocycles. The number of fused-ring (bicyclic) bond motifs is 2. The van der Waals surface area contributed by atoms with E-state index in [2.05, 4.69) is 27.5 Å². The van der Waals surface area contributed by atoms with Crippen molar-refractivity contribution in [1.82, 2.24) is 14.8 Å². The van der Waals surface area contributed by atoms with Crippen molar-refractivity contribution in [2.45, 2.75) is 6.92 Å². The molecule has 2 aromatic heterocycles. The molecule has 0 fully saturated rings. The Balaban J connectivity index is 1.89. The molecule has 0 saturated heterocycles. The molecule has 1 amide bonds. The van der Waals surface area contributed by atoms with Crippen LogP contribution in [0.3, 0.4) is 0 Å². The van der Waals surface area contributed by atoms with Gasteiger partial charge in [0.05, 0.1) is 16.8 Å². The van der Waals surface area contributed by atoms with Gasteiger partial charge in [0.2, 0.25) is 0 Å². The van der Waals surface area contributed by atoms with E-state index in [0.717, 1.165) is 27.7 Å². The van der Waals surface area contributed by atoms with Gasteiger partial charge in [-0.05, 0) is 36.8 Å². The lowest BCUT2D eigenvalue weighted by molar-refractivity contribution is 0.101. The third kappa shape index (κ3) is 1.46. The Bertz CT molecular complexity index is 879. The average Bonchev–Trinajstić information content (AvgIpc) is 2.78. The van der Waals surface area contributed by atoms with Gasteiger partial charge in [0.15, 0.2) is 0 Å². The molecule has 1 N–H and O–H groups in total. The number of hydrogen-bond acceptors (Lipinski definition) is 3. The zero-order valence-corrected chi connectivity index (χ0v) is 11.1. The summed E-state index contributed by atoms with van der Waals surface area (Å²) in [7, 11) is 1.91. The van der Waals surface area contributed by atoms with Crippen molar-refractivity contribution in [1.29, 1.82) is 0 Å². The predicted molar refractivity (Wildman–Crippen MR) is 76.6 cm³/mol. The molecule has 0 spiro atoms. The molecule has 3 aromatic rings. The first-order valence-corrected chi connectivity index (χ1v) is 6.38. The Morgan fingerprint density at radius 3 is 2.85 bits per heavy atom. The van der Waals surface area contributed by atoms with Gasteiger partial charge < -0.3 is 5.32 Å². The second kappa shape index (κ2) is 3.66. The molecule has 0 bridgehead atoms. The number of aromatic nitrogens is 3. The van der Waals surface area contributed by atoms with Gasteiger partial charge in [0.1, 0.15) is 5.82 Å². The molecular weight excluding hydrogens is 252 g/mol. The fraction of sp³-hybridized carbons (Fsp3) is 0.133. The maximum atomic E-state index is 11.2. The van der Waals surface area contributed by atoms with Crippen molar-refractivity contribution in [3.8, 4) is 11.3 Å². The number of rotatable bonds is 1. The molecule has 0 atom stereocenters. The summed E-state index contributed by atoms with van der Waals surface area (Å²) >= 11 is 0. The first-order valence-electron chi connectivity index (χ1n) is 6.38. The van der Waals surface area contributed by atoms with Crippen molar-refractivity contribution in [3.63, 3.8) is 0 Å². The summed E-state index contributed by atoms with van der Waals surface area (Å²) in [6.45, 7) is 2.04. The summed E-state index contributed by atoms with van der Waals surface area (Å²) in [5.74, 6) is 0.606. The smallest absolute Gasteiger partial charge is 0.260 e. The second-order valence-electron chi connectivity index (χ2n) is 5.08.